The van der Waals surface area contributed by atoms with Gasteiger partial charge in [0.15, 0.2) is 0 Å². The second-order valence-corrected chi connectivity index (χ2v) is 14.1. The van der Waals surface area contributed by atoms with Crippen molar-refractivity contribution < 1.29 is 23.9 Å². The molecule has 3 rings (SSSR count). The van der Waals surface area contributed by atoms with Gasteiger partial charge < -0.3 is 9.47 Å². The smallest absolute Gasteiger partial charge is 0.338 e. The highest BCUT2D eigenvalue weighted by Gasteiger charge is 2.52. The van der Waals surface area contributed by atoms with Gasteiger partial charge in [-0.15, -0.1) is 34.8 Å². The van der Waals surface area contributed by atoms with Gasteiger partial charge in [-0.05, 0) is 82.3 Å². The number of ether oxygens (including phenoxy) is 2. The summed E-state index contributed by atoms with van der Waals surface area (Å²) in [5, 5.41) is 0.0258. The quantitative estimate of drug-likeness (QED) is 0.115. The van der Waals surface area contributed by atoms with E-state index in [1.165, 1.54) is 4.90 Å². The number of carbonyl (C=O) groups is 3. The van der Waals surface area contributed by atoms with Gasteiger partial charge in [-0.25, -0.2) is 4.79 Å². The highest BCUT2D eigenvalue weighted by atomic mass is 35.5. The zero-order valence-electron chi connectivity index (χ0n) is 24.9. The highest BCUT2D eigenvalue weighted by molar-refractivity contribution is 6.22. The maximum Gasteiger partial charge on any atom is 0.338 e. The standard InChI is InChI=1S/C32H46Cl3NO5/c1-19(2)27(33)13-11-20(3)28(34)14-12-24-15-25-26(16-29(24)35)31(38)36(30(25)37)17-21(4)40-18-22(5)41-32(39)23-9-7-6-8-10-23/h6-10,19-22,24-29H,11-18H2,1-5H3. The summed E-state index contributed by atoms with van der Waals surface area (Å²) in [7, 11) is 0. The Hall–Kier alpha value is -1.34. The fourth-order valence-electron chi connectivity index (χ4n) is 5.83. The van der Waals surface area contributed by atoms with Crippen molar-refractivity contribution in [2.24, 2.45) is 29.6 Å². The number of hydrogen-bond acceptors (Lipinski definition) is 5. The molecule has 1 aliphatic carbocycles. The molecular weight excluding hydrogens is 585 g/mol. The monoisotopic (exact) mass is 629 g/mol. The lowest BCUT2D eigenvalue weighted by Gasteiger charge is -2.33. The molecule has 0 bridgehead atoms. The van der Waals surface area contributed by atoms with Crippen molar-refractivity contribution in [1.82, 2.24) is 4.90 Å². The van der Waals surface area contributed by atoms with Crippen molar-refractivity contribution in [3.8, 4) is 0 Å². The van der Waals surface area contributed by atoms with Gasteiger partial charge in [0.1, 0.15) is 6.10 Å². The van der Waals surface area contributed by atoms with Crippen molar-refractivity contribution in [3.05, 3.63) is 35.9 Å². The number of esters is 1. The molecule has 1 aliphatic heterocycles. The Labute approximate surface area is 260 Å². The van der Waals surface area contributed by atoms with Crippen LogP contribution in [0.4, 0.5) is 0 Å². The van der Waals surface area contributed by atoms with E-state index >= 15 is 0 Å². The summed E-state index contributed by atoms with van der Waals surface area (Å²) in [6.45, 7) is 10.3. The lowest BCUT2D eigenvalue weighted by atomic mass is 9.73. The number of nitrogens with zero attached hydrogens (tertiary/aromatic N) is 1. The third-order valence-corrected chi connectivity index (χ3v) is 10.5. The number of rotatable bonds is 15. The maximum absolute atomic E-state index is 13.3. The highest BCUT2D eigenvalue weighted by Crippen LogP contribution is 2.45. The molecule has 9 unspecified atom stereocenters. The summed E-state index contributed by atoms with van der Waals surface area (Å²) in [6.07, 6.45) is 3.83. The molecule has 9 heteroatoms. The third kappa shape index (κ3) is 9.58. The summed E-state index contributed by atoms with van der Waals surface area (Å²) >= 11 is 20.0. The molecule has 230 valence electrons. The van der Waals surface area contributed by atoms with Gasteiger partial charge in [-0.2, -0.15) is 0 Å². The van der Waals surface area contributed by atoms with Gasteiger partial charge in [0.2, 0.25) is 11.8 Å². The first-order valence-electron chi connectivity index (χ1n) is 15.0. The maximum atomic E-state index is 13.3. The van der Waals surface area contributed by atoms with Crippen molar-refractivity contribution in [2.45, 2.75) is 101 Å². The molecule has 1 heterocycles. The molecule has 1 saturated heterocycles. The minimum Gasteiger partial charge on any atom is -0.457 e. The van der Waals surface area contributed by atoms with Crippen LogP contribution in [-0.2, 0) is 19.1 Å². The van der Waals surface area contributed by atoms with Crippen molar-refractivity contribution >= 4 is 52.6 Å². The largest absolute Gasteiger partial charge is 0.457 e. The van der Waals surface area contributed by atoms with Crippen molar-refractivity contribution in [2.75, 3.05) is 13.2 Å². The average Bonchev–Trinajstić information content (AvgIpc) is 3.17. The first-order chi connectivity index (χ1) is 19.4. The van der Waals surface area contributed by atoms with Gasteiger partial charge in [0.05, 0.1) is 36.7 Å². The lowest BCUT2D eigenvalue weighted by molar-refractivity contribution is -0.142. The summed E-state index contributed by atoms with van der Waals surface area (Å²) < 4.78 is 11.3. The van der Waals surface area contributed by atoms with Crippen LogP contribution in [0.2, 0.25) is 0 Å². The third-order valence-electron chi connectivity index (χ3n) is 8.62. The van der Waals surface area contributed by atoms with E-state index in [9.17, 15) is 14.4 Å². The predicted molar refractivity (Wildman–Crippen MR) is 165 cm³/mol. The lowest BCUT2D eigenvalue weighted by Crippen LogP contribution is -2.38. The van der Waals surface area contributed by atoms with E-state index in [-0.39, 0.29) is 58.9 Å². The van der Waals surface area contributed by atoms with Gasteiger partial charge in [-0.1, -0.05) is 39.0 Å². The van der Waals surface area contributed by atoms with Crippen LogP contribution in [0.3, 0.4) is 0 Å². The molecule has 6 nitrogen and oxygen atoms in total. The molecule has 0 N–H and O–H groups in total. The van der Waals surface area contributed by atoms with Crippen LogP contribution < -0.4 is 0 Å². The minimum absolute atomic E-state index is 0.0254. The second kappa shape index (κ2) is 15.9. The molecule has 1 aromatic rings. The summed E-state index contributed by atoms with van der Waals surface area (Å²) in [5.74, 6) is -0.488. The van der Waals surface area contributed by atoms with E-state index < -0.39 is 18.2 Å². The number of fused-ring (bicyclic) bond motifs is 1. The van der Waals surface area contributed by atoms with Crippen molar-refractivity contribution in [3.63, 3.8) is 0 Å². The zero-order chi connectivity index (χ0) is 30.3. The summed E-state index contributed by atoms with van der Waals surface area (Å²) in [6, 6.07) is 8.77. The van der Waals surface area contributed by atoms with E-state index in [0.29, 0.717) is 30.2 Å². The van der Waals surface area contributed by atoms with E-state index in [1.807, 2.05) is 13.0 Å². The van der Waals surface area contributed by atoms with Gasteiger partial charge in [0, 0.05) is 16.1 Å². The first kappa shape index (κ1) is 34.2. The summed E-state index contributed by atoms with van der Waals surface area (Å²) in [4.78, 5) is 40.1. The van der Waals surface area contributed by atoms with Gasteiger partial charge in [-0.3, -0.25) is 14.5 Å². The number of halogens is 3. The molecule has 0 spiro atoms. The molecule has 1 saturated carbocycles. The normalized spacial score (nSPS) is 26.4. The number of likely N-dealkylation sites (tertiary alicyclic amines) is 1. The Morgan fingerprint density at radius 1 is 0.902 bits per heavy atom. The number of amides is 2. The topological polar surface area (TPSA) is 72.9 Å². The van der Waals surface area contributed by atoms with Crippen LogP contribution in [0.5, 0.6) is 0 Å². The van der Waals surface area contributed by atoms with E-state index in [0.717, 1.165) is 25.7 Å². The SMILES string of the molecule is CC(CN1C(=O)C2CC(Cl)C(CCC(Cl)C(C)CCC(Cl)C(C)C)CC2C1=O)OCC(C)OC(=O)c1ccccc1. The number of benzene rings is 1. The molecule has 0 radical (unpaired) electrons. The minimum atomic E-state index is -0.476. The molecule has 2 fully saturated rings. The Balaban J connectivity index is 1.45. The van der Waals surface area contributed by atoms with Crippen LogP contribution >= 0.6 is 34.8 Å². The molecule has 0 aromatic heterocycles. The van der Waals surface area contributed by atoms with E-state index in [2.05, 4.69) is 20.8 Å². The van der Waals surface area contributed by atoms with Crippen LogP contribution in [0.25, 0.3) is 0 Å². The zero-order valence-corrected chi connectivity index (χ0v) is 27.2. The van der Waals surface area contributed by atoms with Crippen LogP contribution in [0.15, 0.2) is 30.3 Å². The summed E-state index contributed by atoms with van der Waals surface area (Å²) in [5.41, 5.74) is 0.473. The molecule has 2 amide bonds. The molecule has 9 atom stereocenters. The van der Waals surface area contributed by atoms with Crippen molar-refractivity contribution in [1.29, 1.82) is 0 Å². The molecule has 2 aliphatic rings. The second-order valence-electron chi connectivity index (χ2n) is 12.4. The van der Waals surface area contributed by atoms with Gasteiger partial charge in [0.25, 0.3) is 0 Å². The number of imide groups is 1. The Kier molecular flexibility index (Phi) is 13.3. The molecular formula is C32H46Cl3NO5. The predicted octanol–water partition coefficient (Wildman–Crippen LogP) is 7.32. The Morgan fingerprint density at radius 2 is 1.54 bits per heavy atom. The Bertz CT molecular complexity index is 1010. The van der Waals surface area contributed by atoms with E-state index in [1.54, 1.807) is 31.2 Å². The fourth-order valence-corrected chi connectivity index (χ4v) is 6.63. The average molecular weight is 631 g/mol. The number of carbonyl (C=O) groups excluding carboxylic acids is 3. The van der Waals surface area contributed by atoms with Crippen LogP contribution in [-0.4, -0.2) is 64.2 Å². The number of alkyl halides is 3. The molecule has 1 aromatic carbocycles. The fraction of sp³-hybridized carbons (Fsp3) is 0.719. The van der Waals surface area contributed by atoms with Crippen LogP contribution in [0.1, 0.15) is 83.5 Å². The Morgan fingerprint density at radius 3 is 2.17 bits per heavy atom. The molecule has 41 heavy (non-hydrogen) atoms. The van der Waals surface area contributed by atoms with Crippen LogP contribution in [0, 0.1) is 29.6 Å². The van der Waals surface area contributed by atoms with E-state index in [4.69, 9.17) is 44.3 Å². The first-order valence-corrected chi connectivity index (χ1v) is 16.3. The van der Waals surface area contributed by atoms with Gasteiger partial charge >= 0.3 is 5.97 Å². The number of hydrogen-bond donors (Lipinski definition) is 0.